The van der Waals surface area contributed by atoms with Gasteiger partial charge in [0.1, 0.15) is 6.04 Å². The minimum atomic E-state index is -0.260. The average Bonchev–Trinajstić information content (AvgIpc) is 2.40. The van der Waals surface area contributed by atoms with Gasteiger partial charge in [-0.1, -0.05) is 37.3 Å². The Kier molecular flexibility index (Phi) is 5.28. The lowest BCUT2D eigenvalue weighted by Gasteiger charge is -2.35. The highest BCUT2D eigenvalue weighted by Gasteiger charge is 2.31. The number of carbonyl (C=O) groups is 1. The fraction of sp³-hybridized carbons (Fsp3) is 0.533. The van der Waals surface area contributed by atoms with Gasteiger partial charge in [0, 0.05) is 24.1 Å². The van der Waals surface area contributed by atoms with Gasteiger partial charge in [-0.05, 0) is 12.5 Å². The molecule has 0 aliphatic carbocycles. The van der Waals surface area contributed by atoms with E-state index < -0.39 is 0 Å². The first-order valence-corrected chi connectivity index (χ1v) is 7.84. The van der Waals surface area contributed by atoms with E-state index in [0.717, 1.165) is 24.4 Å². The Morgan fingerprint density at radius 3 is 2.84 bits per heavy atom. The van der Waals surface area contributed by atoms with Crippen molar-refractivity contribution in [2.45, 2.75) is 25.1 Å². The zero-order valence-electron chi connectivity index (χ0n) is 11.5. The van der Waals surface area contributed by atoms with Crippen molar-refractivity contribution in [2.24, 2.45) is 0 Å². The summed E-state index contributed by atoms with van der Waals surface area (Å²) >= 11 is 1.97. The van der Waals surface area contributed by atoms with Crippen molar-refractivity contribution in [3.05, 3.63) is 35.9 Å². The van der Waals surface area contributed by atoms with Gasteiger partial charge in [0.2, 0.25) is 0 Å². The SMILES string of the molecule is CCOC(=O)C(c1ccccc1)N1CCSC(C)C1. The second-order valence-corrected chi connectivity index (χ2v) is 6.29. The fourth-order valence-electron chi connectivity index (χ4n) is 2.43. The topological polar surface area (TPSA) is 29.5 Å². The van der Waals surface area contributed by atoms with Crippen LogP contribution < -0.4 is 0 Å². The van der Waals surface area contributed by atoms with Crippen molar-refractivity contribution in [2.75, 3.05) is 25.4 Å². The third kappa shape index (κ3) is 3.74. The van der Waals surface area contributed by atoms with Crippen LogP contribution in [0.1, 0.15) is 25.5 Å². The molecule has 0 aromatic heterocycles. The Morgan fingerprint density at radius 2 is 2.21 bits per heavy atom. The molecule has 0 N–H and O–H groups in total. The molecule has 1 saturated heterocycles. The molecule has 1 fully saturated rings. The van der Waals surface area contributed by atoms with E-state index in [2.05, 4.69) is 11.8 Å². The molecule has 0 bridgehead atoms. The maximum Gasteiger partial charge on any atom is 0.328 e. The van der Waals surface area contributed by atoms with Crippen LogP contribution in [0.5, 0.6) is 0 Å². The minimum absolute atomic E-state index is 0.132. The Bertz CT molecular complexity index is 410. The van der Waals surface area contributed by atoms with Crippen molar-refractivity contribution in [1.29, 1.82) is 0 Å². The molecule has 0 amide bonds. The Balaban J connectivity index is 2.21. The lowest BCUT2D eigenvalue weighted by molar-refractivity contribution is -0.149. The van der Waals surface area contributed by atoms with E-state index in [4.69, 9.17) is 4.74 Å². The highest BCUT2D eigenvalue weighted by Crippen LogP contribution is 2.28. The van der Waals surface area contributed by atoms with Crippen LogP contribution in [0.15, 0.2) is 30.3 Å². The number of esters is 1. The molecule has 1 aromatic carbocycles. The molecular weight excluding hydrogens is 258 g/mol. The number of hydrogen-bond acceptors (Lipinski definition) is 4. The Labute approximate surface area is 119 Å². The van der Waals surface area contributed by atoms with E-state index in [1.54, 1.807) is 0 Å². The van der Waals surface area contributed by atoms with E-state index in [0.29, 0.717) is 11.9 Å². The molecule has 1 aromatic rings. The number of carbonyl (C=O) groups excluding carboxylic acids is 1. The third-order valence-electron chi connectivity index (χ3n) is 3.26. The second kappa shape index (κ2) is 6.96. The molecule has 2 rings (SSSR count). The van der Waals surface area contributed by atoms with Crippen molar-refractivity contribution < 1.29 is 9.53 Å². The van der Waals surface area contributed by atoms with Crippen molar-refractivity contribution in [1.82, 2.24) is 4.90 Å². The molecule has 4 heteroatoms. The zero-order valence-corrected chi connectivity index (χ0v) is 12.4. The molecule has 0 radical (unpaired) electrons. The van der Waals surface area contributed by atoms with Gasteiger partial charge in [-0.25, -0.2) is 4.79 Å². The minimum Gasteiger partial charge on any atom is -0.465 e. The molecule has 1 heterocycles. The van der Waals surface area contributed by atoms with Gasteiger partial charge in [0.25, 0.3) is 0 Å². The molecule has 0 saturated carbocycles. The van der Waals surface area contributed by atoms with Crippen molar-refractivity contribution in [3.63, 3.8) is 0 Å². The predicted octanol–water partition coefficient (Wildman–Crippen LogP) is 2.73. The van der Waals surface area contributed by atoms with Gasteiger partial charge in [-0.3, -0.25) is 4.90 Å². The summed E-state index contributed by atoms with van der Waals surface area (Å²) in [4.78, 5) is 14.5. The molecule has 3 nitrogen and oxygen atoms in total. The van der Waals surface area contributed by atoms with Crippen LogP contribution >= 0.6 is 11.8 Å². The van der Waals surface area contributed by atoms with Gasteiger partial charge < -0.3 is 4.74 Å². The smallest absolute Gasteiger partial charge is 0.328 e. The monoisotopic (exact) mass is 279 g/mol. The van der Waals surface area contributed by atoms with Gasteiger partial charge in [0.15, 0.2) is 0 Å². The Morgan fingerprint density at radius 1 is 1.47 bits per heavy atom. The highest BCUT2D eigenvalue weighted by atomic mass is 32.2. The number of hydrogen-bond donors (Lipinski definition) is 0. The normalized spacial score (nSPS) is 21.9. The molecule has 0 spiro atoms. The number of thioether (sulfide) groups is 1. The average molecular weight is 279 g/mol. The van der Waals surface area contributed by atoms with Crippen LogP contribution in [0.25, 0.3) is 0 Å². The summed E-state index contributed by atoms with van der Waals surface area (Å²) in [5.74, 6) is 0.942. The summed E-state index contributed by atoms with van der Waals surface area (Å²) in [7, 11) is 0. The summed E-state index contributed by atoms with van der Waals surface area (Å²) in [6, 6.07) is 9.68. The molecule has 2 atom stereocenters. The lowest BCUT2D eigenvalue weighted by atomic mass is 10.0. The predicted molar refractivity (Wildman–Crippen MR) is 79.3 cm³/mol. The molecule has 1 aliphatic rings. The summed E-state index contributed by atoms with van der Waals surface area (Å²) < 4.78 is 5.26. The van der Waals surface area contributed by atoms with Crippen LogP contribution in [-0.4, -0.2) is 41.6 Å². The number of rotatable bonds is 4. The maximum atomic E-state index is 12.3. The zero-order chi connectivity index (χ0) is 13.7. The lowest BCUT2D eigenvalue weighted by Crippen LogP contribution is -2.43. The van der Waals surface area contributed by atoms with Crippen LogP contribution in [0, 0.1) is 0 Å². The molecule has 104 valence electrons. The van der Waals surface area contributed by atoms with E-state index in [1.165, 1.54) is 0 Å². The number of benzene rings is 1. The van der Waals surface area contributed by atoms with E-state index in [1.807, 2.05) is 49.0 Å². The number of nitrogens with zero attached hydrogens (tertiary/aromatic N) is 1. The maximum absolute atomic E-state index is 12.3. The first-order chi connectivity index (χ1) is 9.22. The largest absolute Gasteiger partial charge is 0.465 e. The standard InChI is InChI=1S/C15H21NO2S/c1-3-18-15(17)14(13-7-5-4-6-8-13)16-9-10-19-12(2)11-16/h4-8,12,14H,3,9-11H2,1-2H3. The van der Waals surface area contributed by atoms with E-state index >= 15 is 0 Å². The van der Waals surface area contributed by atoms with Crippen LogP contribution in [0.4, 0.5) is 0 Å². The quantitative estimate of drug-likeness (QED) is 0.793. The third-order valence-corrected chi connectivity index (χ3v) is 4.40. The van der Waals surface area contributed by atoms with Crippen LogP contribution in [0.3, 0.4) is 0 Å². The van der Waals surface area contributed by atoms with Crippen molar-refractivity contribution >= 4 is 17.7 Å². The van der Waals surface area contributed by atoms with Gasteiger partial charge in [-0.2, -0.15) is 11.8 Å². The fourth-order valence-corrected chi connectivity index (χ4v) is 3.47. The summed E-state index contributed by atoms with van der Waals surface area (Å²) in [5, 5.41) is 0.564. The second-order valence-electron chi connectivity index (χ2n) is 4.74. The van der Waals surface area contributed by atoms with Crippen molar-refractivity contribution in [3.8, 4) is 0 Å². The first kappa shape index (κ1) is 14.4. The van der Waals surface area contributed by atoms with Gasteiger partial charge >= 0.3 is 5.97 Å². The Hall–Kier alpha value is -1.00. The first-order valence-electron chi connectivity index (χ1n) is 6.79. The highest BCUT2D eigenvalue weighted by molar-refractivity contribution is 7.99. The number of ether oxygens (including phenoxy) is 1. The van der Waals surface area contributed by atoms with E-state index in [-0.39, 0.29) is 12.0 Å². The van der Waals surface area contributed by atoms with Crippen LogP contribution in [-0.2, 0) is 9.53 Å². The summed E-state index contributed by atoms with van der Waals surface area (Å²) in [5.41, 5.74) is 1.03. The molecule has 2 unspecified atom stereocenters. The molecular formula is C15H21NO2S. The summed E-state index contributed by atoms with van der Waals surface area (Å²) in [6.45, 7) is 6.37. The molecule has 19 heavy (non-hydrogen) atoms. The summed E-state index contributed by atoms with van der Waals surface area (Å²) in [6.07, 6.45) is 0. The van der Waals surface area contributed by atoms with Crippen LogP contribution in [0.2, 0.25) is 0 Å². The van der Waals surface area contributed by atoms with Gasteiger partial charge in [0.05, 0.1) is 6.61 Å². The van der Waals surface area contributed by atoms with Gasteiger partial charge in [-0.15, -0.1) is 0 Å². The van der Waals surface area contributed by atoms with E-state index in [9.17, 15) is 4.79 Å². The molecule has 1 aliphatic heterocycles.